The molecule has 0 aliphatic carbocycles. The van der Waals surface area contributed by atoms with Gasteiger partial charge in [0.15, 0.2) is 18.1 Å². The zero-order chi connectivity index (χ0) is 21.8. The molecule has 2 amide bonds. The summed E-state index contributed by atoms with van der Waals surface area (Å²) in [4.78, 5) is 36.5. The fraction of sp³-hybridized carbons (Fsp3) is 0.0952. The molecule has 1 aliphatic rings. The zero-order valence-electron chi connectivity index (χ0n) is 16.3. The first-order chi connectivity index (χ1) is 15.0. The average Bonchev–Trinajstić information content (AvgIpc) is 2.77. The van der Waals surface area contributed by atoms with Gasteiger partial charge >= 0.3 is 0 Å². The van der Waals surface area contributed by atoms with E-state index in [0.29, 0.717) is 44.5 Å². The normalized spacial score (nSPS) is 14.0. The van der Waals surface area contributed by atoms with Gasteiger partial charge in [-0.2, -0.15) is 0 Å². The predicted molar refractivity (Wildman–Crippen MR) is 116 cm³/mol. The number of nitrogens with zero attached hydrogens (tertiary/aromatic N) is 3. The number of methoxy groups -OCH3 is 1. The van der Waals surface area contributed by atoms with Crippen LogP contribution in [0.4, 0.5) is 11.5 Å². The van der Waals surface area contributed by atoms with E-state index in [-0.39, 0.29) is 6.61 Å². The molecule has 2 N–H and O–H groups in total. The molecule has 0 radical (unpaired) electrons. The highest BCUT2D eigenvalue weighted by molar-refractivity contribution is 6.34. The largest absolute Gasteiger partial charge is 0.493 e. The number of hydrogen-bond donors (Lipinski definition) is 2. The molecule has 0 unspecified atom stereocenters. The number of ether oxygens (including phenoxy) is 2. The van der Waals surface area contributed by atoms with Gasteiger partial charge in [-0.3, -0.25) is 9.59 Å². The van der Waals surface area contributed by atoms with Crippen LogP contribution < -0.4 is 20.1 Å². The van der Waals surface area contributed by atoms with Gasteiger partial charge in [0.1, 0.15) is 12.1 Å². The van der Waals surface area contributed by atoms with Crippen LogP contribution in [-0.2, 0) is 9.59 Å². The van der Waals surface area contributed by atoms with Gasteiger partial charge in [0, 0.05) is 35.5 Å². The van der Waals surface area contributed by atoms with Crippen molar-refractivity contribution < 1.29 is 19.1 Å². The minimum Gasteiger partial charge on any atom is -0.493 e. The maximum absolute atomic E-state index is 12.0. The molecule has 2 aromatic carbocycles. The average molecular weight is 438 g/mol. The van der Waals surface area contributed by atoms with E-state index in [1.54, 1.807) is 30.3 Å². The Morgan fingerprint density at radius 1 is 1.19 bits per heavy atom. The molecule has 3 aromatic rings. The van der Waals surface area contributed by atoms with E-state index in [1.807, 2.05) is 0 Å². The number of carbonyl (C=O) groups is 2. The lowest BCUT2D eigenvalue weighted by Gasteiger charge is -2.15. The number of amides is 2. The third-order valence-electron chi connectivity index (χ3n) is 4.37. The number of hydrogen-bond acceptors (Lipinski definition) is 7. The van der Waals surface area contributed by atoms with Gasteiger partial charge < -0.3 is 20.1 Å². The van der Waals surface area contributed by atoms with Crippen LogP contribution in [0.2, 0.25) is 5.02 Å². The van der Waals surface area contributed by atoms with Crippen LogP contribution in [0.1, 0.15) is 5.56 Å². The van der Waals surface area contributed by atoms with Crippen LogP contribution in [0.25, 0.3) is 10.9 Å². The van der Waals surface area contributed by atoms with Gasteiger partial charge in [-0.05, 0) is 12.1 Å². The van der Waals surface area contributed by atoms with Gasteiger partial charge in [-0.15, -0.1) is 0 Å². The second-order valence-electron chi connectivity index (χ2n) is 6.36. The van der Waals surface area contributed by atoms with E-state index in [9.17, 15) is 9.59 Å². The molecule has 10 heteroatoms. The van der Waals surface area contributed by atoms with Crippen LogP contribution in [0, 0.1) is 0 Å². The molecule has 31 heavy (non-hydrogen) atoms. The molecular formula is C21H16ClN5O4. The van der Waals surface area contributed by atoms with Crippen LogP contribution in [-0.4, -0.2) is 41.7 Å². The molecule has 0 saturated carbocycles. The van der Waals surface area contributed by atoms with E-state index < -0.39 is 11.8 Å². The molecule has 0 atom stereocenters. The lowest BCUT2D eigenvalue weighted by atomic mass is 10.1. The summed E-state index contributed by atoms with van der Waals surface area (Å²) in [5.41, 5.74) is 1.68. The summed E-state index contributed by atoms with van der Waals surface area (Å²) in [6.45, 7) is -0.297. The van der Waals surface area contributed by atoms with Gasteiger partial charge in [0.2, 0.25) is 0 Å². The maximum Gasteiger partial charge on any atom is 0.271 e. The number of aromatic nitrogens is 2. The van der Waals surface area contributed by atoms with Crippen molar-refractivity contribution in [2.45, 2.75) is 0 Å². The van der Waals surface area contributed by atoms with Crippen molar-refractivity contribution in [3.63, 3.8) is 0 Å². The van der Waals surface area contributed by atoms with Crippen molar-refractivity contribution in [2.24, 2.45) is 4.99 Å². The Kier molecular flexibility index (Phi) is 5.76. The Morgan fingerprint density at radius 3 is 2.90 bits per heavy atom. The monoisotopic (exact) mass is 437 g/mol. The summed E-state index contributed by atoms with van der Waals surface area (Å²) >= 11 is 6.40. The summed E-state index contributed by atoms with van der Waals surface area (Å²) in [6, 6.07) is 8.56. The highest BCUT2D eigenvalue weighted by Gasteiger charge is 2.15. The van der Waals surface area contributed by atoms with E-state index in [4.69, 9.17) is 21.1 Å². The molecular weight excluding hydrogens is 422 g/mol. The smallest absolute Gasteiger partial charge is 0.271 e. The number of benzene rings is 2. The van der Waals surface area contributed by atoms with E-state index in [0.717, 1.165) is 6.08 Å². The number of rotatable bonds is 1. The fourth-order valence-corrected chi connectivity index (χ4v) is 3.13. The number of nitrogens with one attached hydrogen (secondary N) is 2. The minimum atomic E-state index is -0.560. The number of fused-ring (bicyclic) bond motifs is 2. The van der Waals surface area contributed by atoms with Crippen molar-refractivity contribution >= 4 is 52.0 Å². The molecule has 0 fully saturated rings. The highest BCUT2D eigenvalue weighted by Crippen LogP contribution is 2.36. The first-order valence-electron chi connectivity index (χ1n) is 9.10. The van der Waals surface area contributed by atoms with Crippen molar-refractivity contribution in [1.82, 2.24) is 15.3 Å². The van der Waals surface area contributed by atoms with Gasteiger partial charge in [0.05, 0.1) is 23.3 Å². The standard InChI is InChI=1S/C21H16ClN5O4/c1-30-16-8-15-13-7-17(16)31-10-19(29)23-6-5-18(28)24-9-12-3-2-4-14(22)20(12)27-21(13)26-11-25-15/h2-9,11H,10H2,1H3,(H,23,29)(H,25,26,27). The molecule has 9 nitrogen and oxygen atoms in total. The summed E-state index contributed by atoms with van der Waals surface area (Å²) < 4.78 is 11.0. The maximum atomic E-state index is 12.0. The molecule has 1 aromatic heterocycles. The first-order valence-corrected chi connectivity index (χ1v) is 9.48. The molecule has 0 spiro atoms. The Labute approximate surface area is 181 Å². The second-order valence-corrected chi connectivity index (χ2v) is 6.76. The molecule has 2 bridgehead atoms. The van der Waals surface area contributed by atoms with Crippen LogP contribution in [0.15, 0.2) is 53.9 Å². The van der Waals surface area contributed by atoms with Crippen molar-refractivity contribution in [1.29, 1.82) is 0 Å². The molecule has 0 saturated heterocycles. The van der Waals surface area contributed by atoms with Gasteiger partial charge in [0.25, 0.3) is 11.8 Å². The molecule has 1 aliphatic heterocycles. The SMILES string of the molecule is COc1cc2ncnc3c2cc1OCC(=O)NC=CC(=O)N=Cc1cccc(Cl)c1N3. The molecule has 156 valence electrons. The Balaban J connectivity index is 1.89. The van der Waals surface area contributed by atoms with Gasteiger partial charge in [-0.25, -0.2) is 15.0 Å². The molecule has 2 heterocycles. The minimum absolute atomic E-state index is 0.297. The fourth-order valence-electron chi connectivity index (χ4n) is 2.90. The molecule has 4 rings (SSSR count). The summed E-state index contributed by atoms with van der Waals surface area (Å²) in [5, 5.41) is 6.67. The Bertz CT molecular complexity index is 1240. The van der Waals surface area contributed by atoms with Gasteiger partial charge in [-0.1, -0.05) is 23.7 Å². The number of halogens is 1. The number of para-hydroxylation sites is 1. The zero-order valence-corrected chi connectivity index (χ0v) is 17.0. The number of carbonyl (C=O) groups excluding carboxylic acids is 2. The van der Waals surface area contributed by atoms with E-state index >= 15 is 0 Å². The lowest BCUT2D eigenvalue weighted by Crippen LogP contribution is -2.24. The summed E-state index contributed by atoms with van der Waals surface area (Å²) in [5.74, 6) is 0.166. The predicted octanol–water partition coefficient (Wildman–Crippen LogP) is 3.00. The number of anilines is 2. The first kappa shape index (κ1) is 20.3. The van der Waals surface area contributed by atoms with Crippen molar-refractivity contribution in [3.05, 3.63) is 59.5 Å². The van der Waals surface area contributed by atoms with E-state index in [2.05, 4.69) is 25.6 Å². The topological polar surface area (TPSA) is 115 Å². The Hall–Kier alpha value is -3.98. The van der Waals surface area contributed by atoms with Crippen molar-refractivity contribution in [3.8, 4) is 11.5 Å². The highest BCUT2D eigenvalue weighted by atomic mass is 35.5. The number of aliphatic imine (C=N–C) groups is 1. The Morgan fingerprint density at radius 2 is 2.06 bits per heavy atom. The summed E-state index contributed by atoms with van der Waals surface area (Å²) in [6.07, 6.45) is 5.12. The third kappa shape index (κ3) is 4.46. The lowest BCUT2D eigenvalue weighted by molar-refractivity contribution is -0.122. The van der Waals surface area contributed by atoms with Crippen LogP contribution >= 0.6 is 11.6 Å². The van der Waals surface area contributed by atoms with Crippen LogP contribution in [0.3, 0.4) is 0 Å². The summed E-state index contributed by atoms with van der Waals surface area (Å²) in [7, 11) is 1.49. The van der Waals surface area contributed by atoms with Crippen molar-refractivity contribution in [2.75, 3.05) is 19.0 Å². The quantitative estimate of drug-likeness (QED) is 0.601. The van der Waals surface area contributed by atoms with E-state index in [1.165, 1.54) is 25.9 Å². The third-order valence-corrected chi connectivity index (χ3v) is 4.68. The van der Waals surface area contributed by atoms with Crippen LogP contribution in [0.5, 0.6) is 11.5 Å². The second kappa shape index (κ2) is 8.80.